The van der Waals surface area contributed by atoms with Crippen LogP contribution in [0.25, 0.3) is 0 Å². The number of amides is 3. The number of nitrogens with zero attached hydrogens (tertiary/aromatic N) is 1. The molecular weight excluding hydrogens is 556 g/mol. The highest BCUT2D eigenvalue weighted by atomic mass is 19.1. The number of nitrogens with two attached hydrogens (primary N) is 3. The summed E-state index contributed by atoms with van der Waals surface area (Å²) in [5.74, 6) is -2.97. The topological polar surface area (TPSA) is 162 Å². The fraction of sp³-hybridized carbons (Fsp3) is 0.500. The zero-order valence-corrected chi connectivity index (χ0v) is 25.3. The van der Waals surface area contributed by atoms with E-state index in [2.05, 4.69) is 5.32 Å². The molecule has 0 spiro atoms. The van der Waals surface area contributed by atoms with Gasteiger partial charge in [-0.1, -0.05) is 44.5 Å². The highest BCUT2D eigenvalue weighted by Crippen LogP contribution is 2.42. The summed E-state index contributed by atoms with van der Waals surface area (Å²) in [6.07, 6.45) is 1.49. The van der Waals surface area contributed by atoms with E-state index in [0.29, 0.717) is 13.1 Å². The maximum absolute atomic E-state index is 14.4. The summed E-state index contributed by atoms with van der Waals surface area (Å²) in [4.78, 5) is 50.2. The summed E-state index contributed by atoms with van der Waals surface area (Å²) in [6, 6.07) is 10.7. The predicted octanol–water partition coefficient (Wildman–Crippen LogP) is 2.92. The Kier molecular flexibility index (Phi) is 13.9. The second kappa shape index (κ2) is 16.8. The van der Waals surface area contributed by atoms with Gasteiger partial charge >= 0.3 is 0 Å². The van der Waals surface area contributed by atoms with Crippen LogP contribution in [0.1, 0.15) is 69.9 Å². The van der Waals surface area contributed by atoms with Crippen LogP contribution in [-0.4, -0.2) is 60.6 Å². The van der Waals surface area contributed by atoms with Crippen LogP contribution in [-0.2, 0) is 24.6 Å². The largest absolute Gasteiger partial charge is 0.370 e. The average molecular weight is 602 g/mol. The number of hydrogen-bond donors (Lipinski definition) is 4. The van der Waals surface area contributed by atoms with Crippen molar-refractivity contribution in [3.05, 3.63) is 71.3 Å². The molecule has 0 bridgehead atoms. The molecule has 0 aromatic heterocycles. The smallest absolute Gasteiger partial charge is 0.237 e. The SMILES string of the molecule is CCCC(CN(C)CCC(=O)[C@H](CCC(N)=O)NC(=O)[C@@H](N)CCC(N)=O)C(C)(c1cccc(F)c1)c1cccc(F)c1. The maximum atomic E-state index is 14.4. The molecule has 0 radical (unpaired) electrons. The van der Waals surface area contributed by atoms with Crippen molar-refractivity contribution in [1.82, 2.24) is 10.2 Å². The van der Waals surface area contributed by atoms with Crippen molar-refractivity contribution in [3.8, 4) is 0 Å². The Hall–Kier alpha value is -3.70. The van der Waals surface area contributed by atoms with Crippen molar-refractivity contribution >= 4 is 23.5 Å². The molecule has 43 heavy (non-hydrogen) atoms. The quantitative estimate of drug-likeness (QED) is 0.194. The van der Waals surface area contributed by atoms with Gasteiger partial charge in [-0.25, -0.2) is 8.78 Å². The van der Waals surface area contributed by atoms with Crippen LogP contribution in [0, 0.1) is 17.6 Å². The van der Waals surface area contributed by atoms with Gasteiger partial charge < -0.3 is 27.4 Å². The number of halogens is 2. The van der Waals surface area contributed by atoms with Crippen LogP contribution < -0.4 is 22.5 Å². The molecule has 3 atom stereocenters. The molecule has 0 saturated heterocycles. The van der Waals surface area contributed by atoms with E-state index in [4.69, 9.17) is 17.2 Å². The van der Waals surface area contributed by atoms with Crippen LogP contribution in [0.3, 0.4) is 0 Å². The minimum atomic E-state index is -1.04. The molecule has 236 valence electrons. The normalized spacial score (nSPS) is 13.7. The first kappa shape index (κ1) is 35.5. The molecule has 7 N–H and O–H groups in total. The first-order valence-corrected chi connectivity index (χ1v) is 14.6. The minimum absolute atomic E-state index is 0.0157. The maximum Gasteiger partial charge on any atom is 0.237 e. The number of hydrogen-bond acceptors (Lipinski definition) is 6. The first-order valence-electron chi connectivity index (χ1n) is 14.6. The predicted molar refractivity (Wildman–Crippen MR) is 162 cm³/mol. The summed E-state index contributed by atoms with van der Waals surface area (Å²) in [6.45, 7) is 4.89. The van der Waals surface area contributed by atoms with E-state index in [1.165, 1.54) is 24.3 Å². The summed E-state index contributed by atoms with van der Waals surface area (Å²) < 4.78 is 28.8. The molecule has 11 heteroatoms. The van der Waals surface area contributed by atoms with Gasteiger partial charge in [-0.3, -0.25) is 19.2 Å². The summed E-state index contributed by atoms with van der Waals surface area (Å²) in [7, 11) is 1.87. The monoisotopic (exact) mass is 601 g/mol. The number of primary amides is 2. The highest BCUT2D eigenvalue weighted by molar-refractivity contribution is 5.91. The molecular formula is C32H45F2N5O4. The lowest BCUT2D eigenvalue weighted by Gasteiger charge is -2.41. The molecule has 2 rings (SSSR count). The number of rotatable bonds is 19. The number of carbonyl (C=O) groups excluding carboxylic acids is 4. The van der Waals surface area contributed by atoms with Crippen molar-refractivity contribution < 1.29 is 28.0 Å². The molecule has 0 saturated carbocycles. The fourth-order valence-electron chi connectivity index (χ4n) is 5.42. The molecule has 2 aromatic carbocycles. The molecule has 3 amide bonds. The third-order valence-electron chi connectivity index (χ3n) is 8.00. The van der Waals surface area contributed by atoms with E-state index in [0.717, 1.165) is 24.0 Å². The van der Waals surface area contributed by atoms with Gasteiger partial charge in [-0.05, 0) is 67.6 Å². The van der Waals surface area contributed by atoms with Crippen molar-refractivity contribution in [2.45, 2.75) is 76.3 Å². The molecule has 1 unspecified atom stereocenters. The second-order valence-corrected chi connectivity index (χ2v) is 11.4. The van der Waals surface area contributed by atoms with Crippen molar-refractivity contribution in [2.75, 3.05) is 20.1 Å². The van der Waals surface area contributed by atoms with Gasteiger partial charge in [0.25, 0.3) is 0 Å². The van der Waals surface area contributed by atoms with E-state index in [1.807, 2.05) is 37.9 Å². The van der Waals surface area contributed by atoms with Gasteiger partial charge in [0, 0.05) is 37.8 Å². The number of Topliss-reactive ketones (excluding diaryl/α,β-unsaturated/α-hetero) is 1. The third-order valence-corrected chi connectivity index (χ3v) is 8.00. The van der Waals surface area contributed by atoms with Crippen LogP contribution in [0.2, 0.25) is 0 Å². The highest BCUT2D eigenvalue weighted by Gasteiger charge is 2.38. The Morgan fingerprint density at radius 1 is 0.884 bits per heavy atom. The van der Waals surface area contributed by atoms with Crippen molar-refractivity contribution in [1.29, 1.82) is 0 Å². The number of nitrogens with one attached hydrogen (secondary N) is 1. The van der Waals surface area contributed by atoms with Crippen LogP contribution in [0.4, 0.5) is 8.78 Å². The van der Waals surface area contributed by atoms with E-state index < -0.39 is 35.2 Å². The lowest BCUT2D eigenvalue weighted by molar-refractivity contribution is -0.129. The van der Waals surface area contributed by atoms with Crippen molar-refractivity contribution in [3.63, 3.8) is 0 Å². The Morgan fingerprint density at radius 2 is 1.42 bits per heavy atom. The number of carbonyl (C=O) groups is 4. The Balaban J connectivity index is 2.22. The van der Waals surface area contributed by atoms with Crippen LogP contribution >= 0.6 is 0 Å². The summed E-state index contributed by atoms with van der Waals surface area (Å²) >= 11 is 0. The lowest BCUT2D eigenvalue weighted by atomic mass is 9.65. The standard InChI is InChI=1S/C32H45F2N5O4/c1-4-7-23(32(2,21-8-5-10-24(33)18-21)22-9-6-11-25(34)19-22)20-39(3)17-16-28(40)27(13-15-30(37)42)38-31(43)26(35)12-14-29(36)41/h5-6,8-11,18-19,23,26-27H,4,7,12-17,20,35H2,1-3H3,(H2,36,41)(H2,37,42)(H,38,43)/t23?,26-,27-/m0/s1. The average Bonchev–Trinajstić information content (AvgIpc) is 2.95. The van der Waals surface area contributed by atoms with Gasteiger partial charge in [-0.2, -0.15) is 0 Å². The second-order valence-electron chi connectivity index (χ2n) is 11.4. The molecule has 0 aliphatic heterocycles. The van der Waals surface area contributed by atoms with E-state index in [9.17, 15) is 28.0 Å². The Bertz CT molecular complexity index is 1210. The van der Waals surface area contributed by atoms with Crippen LogP contribution in [0.5, 0.6) is 0 Å². The number of ketones is 1. The zero-order chi connectivity index (χ0) is 32.2. The molecule has 2 aromatic rings. The van der Waals surface area contributed by atoms with Gasteiger partial charge in [0.15, 0.2) is 5.78 Å². The van der Waals surface area contributed by atoms with E-state index in [-0.39, 0.29) is 55.4 Å². The van der Waals surface area contributed by atoms with Crippen LogP contribution in [0.15, 0.2) is 48.5 Å². The summed E-state index contributed by atoms with van der Waals surface area (Å²) in [5, 5.41) is 2.60. The lowest BCUT2D eigenvalue weighted by Crippen LogP contribution is -2.49. The van der Waals surface area contributed by atoms with Gasteiger partial charge in [0.1, 0.15) is 11.6 Å². The van der Waals surface area contributed by atoms with E-state index in [1.54, 1.807) is 12.1 Å². The zero-order valence-electron chi connectivity index (χ0n) is 25.3. The van der Waals surface area contributed by atoms with Gasteiger partial charge in [0.2, 0.25) is 17.7 Å². The molecule has 0 aliphatic carbocycles. The molecule has 0 fully saturated rings. The Morgan fingerprint density at radius 3 is 1.91 bits per heavy atom. The summed E-state index contributed by atoms with van der Waals surface area (Å²) in [5.41, 5.74) is 17.0. The molecule has 0 aliphatic rings. The molecule has 9 nitrogen and oxygen atoms in total. The third kappa shape index (κ3) is 10.8. The Labute approximate surface area is 252 Å². The van der Waals surface area contributed by atoms with E-state index >= 15 is 0 Å². The molecule has 0 heterocycles. The fourth-order valence-corrected chi connectivity index (χ4v) is 5.42. The van der Waals surface area contributed by atoms with Crippen molar-refractivity contribution in [2.24, 2.45) is 23.1 Å². The number of benzene rings is 2. The van der Waals surface area contributed by atoms with Gasteiger partial charge in [0.05, 0.1) is 12.1 Å². The minimum Gasteiger partial charge on any atom is -0.370 e. The first-order chi connectivity index (χ1) is 20.3. The van der Waals surface area contributed by atoms with Gasteiger partial charge in [-0.15, -0.1) is 0 Å².